The molecule has 0 aliphatic rings. The van der Waals surface area contributed by atoms with Crippen molar-refractivity contribution in [3.63, 3.8) is 0 Å². The van der Waals surface area contributed by atoms with Crippen LogP contribution >= 0.6 is 0 Å². The molecule has 0 fully saturated rings. The topological polar surface area (TPSA) is 105 Å². The summed E-state index contributed by atoms with van der Waals surface area (Å²) in [5.74, 6) is 0.347. The fourth-order valence-electron chi connectivity index (χ4n) is 1.40. The number of nitro groups is 1. The van der Waals surface area contributed by atoms with E-state index in [1.165, 1.54) is 6.33 Å². The molecule has 106 valence electrons. The summed E-state index contributed by atoms with van der Waals surface area (Å²) in [5.41, 5.74) is 2.60. The van der Waals surface area contributed by atoms with Gasteiger partial charge in [0.1, 0.15) is 6.33 Å². The van der Waals surface area contributed by atoms with Crippen LogP contribution in [0.4, 0.5) is 17.3 Å². The normalized spacial score (nSPS) is 10.5. The molecular weight excluding hydrogens is 252 g/mol. The Morgan fingerprint density at radius 2 is 2.11 bits per heavy atom. The van der Waals surface area contributed by atoms with Crippen molar-refractivity contribution in [1.29, 1.82) is 0 Å². The third kappa shape index (κ3) is 4.64. The molecule has 0 radical (unpaired) electrons. The third-order valence-corrected chi connectivity index (χ3v) is 2.15. The number of ether oxygens (including phenoxy) is 1. The zero-order chi connectivity index (χ0) is 14.3. The smallest absolute Gasteiger partial charge is 0.354 e. The van der Waals surface area contributed by atoms with Gasteiger partial charge in [0.05, 0.1) is 4.92 Å². The minimum Gasteiger partial charge on any atom is -0.385 e. The van der Waals surface area contributed by atoms with Crippen molar-refractivity contribution in [2.75, 3.05) is 45.1 Å². The molecule has 0 saturated heterocycles. The van der Waals surface area contributed by atoms with Gasteiger partial charge >= 0.3 is 5.69 Å². The van der Waals surface area contributed by atoms with Crippen LogP contribution in [0.15, 0.2) is 6.33 Å². The van der Waals surface area contributed by atoms with E-state index in [1.54, 1.807) is 26.2 Å². The lowest BCUT2D eigenvalue weighted by molar-refractivity contribution is -0.383. The molecule has 0 saturated carbocycles. The number of rotatable bonds is 8. The highest BCUT2D eigenvalue weighted by molar-refractivity contribution is 5.68. The second-order valence-corrected chi connectivity index (χ2v) is 3.96. The summed E-state index contributed by atoms with van der Waals surface area (Å²) in [4.78, 5) is 18.4. The maximum atomic E-state index is 11.1. The number of methoxy groups -OCH3 is 1. The number of hydrogen-bond donors (Lipinski definition) is 2. The number of hydrazine groups is 1. The molecule has 1 aromatic heterocycles. The van der Waals surface area contributed by atoms with Crippen LogP contribution in [0.3, 0.4) is 0 Å². The Morgan fingerprint density at radius 3 is 2.68 bits per heavy atom. The lowest BCUT2D eigenvalue weighted by atomic mass is 10.4. The van der Waals surface area contributed by atoms with Crippen molar-refractivity contribution in [1.82, 2.24) is 15.0 Å². The van der Waals surface area contributed by atoms with Gasteiger partial charge in [-0.05, 0) is 6.42 Å². The monoisotopic (exact) mass is 270 g/mol. The van der Waals surface area contributed by atoms with E-state index in [0.29, 0.717) is 13.2 Å². The van der Waals surface area contributed by atoms with Crippen LogP contribution in [0.2, 0.25) is 0 Å². The van der Waals surface area contributed by atoms with Gasteiger partial charge in [0.15, 0.2) is 0 Å². The second-order valence-electron chi connectivity index (χ2n) is 3.96. The molecule has 2 N–H and O–H groups in total. The molecule has 9 heteroatoms. The Kier molecular flexibility index (Phi) is 5.90. The van der Waals surface area contributed by atoms with Gasteiger partial charge in [-0.2, -0.15) is 0 Å². The lowest BCUT2D eigenvalue weighted by Crippen LogP contribution is -2.22. The standard InChI is InChI=1S/C10H18N6O3/c1-15(2)14-10-8(16(17)18)9(12-7-13-10)11-5-4-6-19-3/h7H,4-6H2,1-3H3,(H2,11,12,13,14). The van der Waals surface area contributed by atoms with Crippen molar-refractivity contribution in [2.45, 2.75) is 6.42 Å². The van der Waals surface area contributed by atoms with E-state index in [-0.39, 0.29) is 17.3 Å². The Hall–Kier alpha value is -2.00. The second kappa shape index (κ2) is 7.44. The van der Waals surface area contributed by atoms with Crippen molar-refractivity contribution in [3.05, 3.63) is 16.4 Å². The molecule has 9 nitrogen and oxygen atoms in total. The molecule has 0 unspecified atom stereocenters. The van der Waals surface area contributed by atoms with E-state index in [4.69, 9.17) is 4.74 Å². The Balaban J connectivity index is 2.87. The van der Waals surface area contributed by atoms with Gasteiger partial charge in [-0.3, -0.25) is 15.5 Å². The van der Waals surface area contributed by atoms with Crippen LogP contribution in [0.5, 0.6) is 0 Å². The van der Waals surface area contributed by atoms with Crippen LogP contribution in [0, 0.1) is 10.1 Å². The number of nitrogens with one attached hydrogen (secondary N) is 2. The molecular formula is C10H18N6O3. The summed E-state index contributed by atoms with van der Waals surface area (Å²) < 4.78 is 4.91. The first-order chi connectivity index (χ1) is 9.06. The van der Waals surface area contributed by atoms with E-state index in [2.05, 4.69) is 20.7 Å². The number of anilines is 2. The summed E-state index contributed by atoms with van der Waals surface area (Å²) in [7, 11) is 5.04. The van der Waals surface area contributed by atoms with Gasteiger partial charge in [0.25, 0.3) is 0 Å². The SMILES string of the molecule is COCCCNc1ncnc(NN(C)C)c1[N+](=O)[O-]. The van der Waals surface area contributed by atoms with Crippen molar-refractivity contribution in [3.8, 4) is 0 Å². The van der Waals surface area contributed by atoms with Gasteiger partial charge < -0.3 is 10.1 Å². The minimum absolute atomic E-state index is 0.152. The van der Waals surface area contributed by atoms with E-state index in [9.17, 15) is 10.1 Å². The van der Waals surface area contributed by atoms with Gasteiger partial charge in [0.2, 0.25) is 11.6 Å². The predicted molar refractivity (Wildman–Crippen MR) is 71.0 cm³/mol. The van der Waals surface area contributed by atoms with E-state index < -0.39 is 4.92 Å². The molecule has 0 aliphatic heterocycles. The number of aromatic nitrogens is 2. The van der Waals surface area contributed by atoms with Gasteiger partial charge in [-0.25, -0.2) is 15.0 Å². The fraction of sp³-hybridized carbons (Fsp3) is 0.600. The summed E-state index contributed by atoms with van der Waals surface area (Å²) >= 11 is 0. The molecule has 1 aromatic rings. The van der Waals surface area contributed by atoms with Crippen LogP contribution in [0.25, 0.3) is 0 Å². The summed E-state index contributed by atoms with van der Waals surface area (Å²) in [6, 6.07) is 0. The highest BCUT2D eigenvalue weighted by atomic mass is 16.6. The van der Waals surface area contributed by atoms with Crippen molar-refractivity contribution in [2.24, 2.45) is 0 Å². The van der Waals surface area contributed by atoms with Gasteiger partial charge in [-0.15, -0.1) is 0 Å². The first kappa shape index (κ1) is 15.1. The average molecular weight is 270 g/mol. The third-order valence-electron chi connectivity index (χ3n) is 2.15. The Bertz CT molecular complexity index is 426. The molecule has 0 spiro atoms. The van der Waals surface area contributed by atoms with Crippen LogP contribution in [0.1, 0.15) is 6.42 Å². The first-order valence-corrected chi connectivity index (χ1v) is 5.72. The fourth-order valence-corrected chi connectivity index (χ4v) is 1.40. The number of hydrogen-bond acceptors (Lipinski definition) is 8. The molecule has 0 aliphatic carbocycles. The zero-order valence-electron chi connectivity index (χ0n) is 11.2. The molecule has 19 heavy (non-hydrogen) atoms. The zero-order valence-corrected chi connectivity index (χ0v) is 11.2. The summed E-state index contributed by atoms with van der Waals surface area (Å²) in [5, 5.41) is 15.6. The Labute approximate surface area is 111 Å². The van der Waals surface area contributed by atoms with Crippen molar-refractivity contribution >= 4 is 17.3 Å². The van der Waals surface area contributed by atoms with Crippen LogP contribution in [-0.2, 0) is 4.74 Å². The lowest BCUT2D eigenvalue weighted by Gasteiger charge is -2.13. The van der Waals surface area contributed by atoms with Gasteiger partial charge in [0, 0.05) is 34.4 Å². The first-order valence-electron chi connectivity index (χ1n) is 5.72. The van der Waals surface area contributed by atoms with Gasteiger partial charge in [-0.1, -0.05) is 0 Å². The predicted octanol–water partition coefficient (Wildman–Crippen LogP) is 0.722. The number of nitrogens with zero attached hydrogens (tertiary/aromatic N) is 4. The van der Waals surface area contributed by atoms with Crippen LogP contribution in [-0.4, -0.2) is 54.3 Å². The average Bonchev–Trinajstić information content (AvgIpc) is 2.33. The molecule has 0 bridgehead atoms. The molecule has 0 aromatic carbocycles. The molecule has 0 amide bonds. The summed E-state index contributed by atoms with van der Waals surface area (Å²) in [6.45, 7) is 1.11. The van der Waals surface area contributed by atoms with E-state index in [1.807, 2.05) is 0 Å². The molecule has 0 atom stereocenters. The molecule has 1 heterocycles. The van der Waals surface area contributed by atoms with E-state index >= 15 is 0 Å². The summed E-state index contributed by atoms with van der Waals surface area (Å²) in [6.07, 6.45) is 2.01. The Morgan fingerprint density at radius 1 is 1.42 bits per heavy atom. The minimum atomic E-state index is -0.509. The van der Waals surface area contributed by atoms with Crippen molar-refractivity contribution < 1.29 is 9.66 Å². The highest BCUT2D eigenvalue weighted by Crippen LogP contribution is 2.28. The molecule has 1 rings (SSSR count). The quantitative estimate of drug-likeness (QED) is 0.404. The maximum absolute atomic E-state index is 11.1. The highest BCUT2D eigenvalue weighted by Gasteiger charge is 2.22. The maximum Gasteiger partial charge on any atom is 0.354 e. The van der Waals surface area contributed by atoms with Crippen LogP contribution < -0.4 is 10.7 Å². The van der Waals surface area contributed by atoms with E-state index in [0.717, 1.165) is 6.42 Å². The largest absolute Gasteiger partial charge is 0.385 e.